The fraction of sp³-hybridized carbons (Fsp3) is 0.633. The third-order valence-corrected chi connectivity index (χ3v) is 16.1. The zero-order valence-electron chi connectivity index (χ0n) is 50.1. The zero-order chi connectivity index (χ0) is 61.9. The highest BCUT2D eigenvalue weighted by molar-refractivity contribution is 9.09. The topological polar surface area (TPSA) is 323 Å². The summed E-state index contributed by atoms with van der Waals surface area (Å²) in [7, 11) is 4.63. The van der Waals surface area contributed by atoms with E-state index in [1.807, 2.05) is 19.9 Å². The summed E-state index contributed by atoms with van der Waals surface area (Å²) in [6.45, 7) is 13.4. The molecule has 0 bridgehead atoms. The van der Waals surface area contributed by atoms with Crippen LogP contribution in [0.5, 0.6) is 0 Å². The van der Waals surface area contributed by atoms with Crippen LogP contribution >= 0.6 is 15.9 Å². The predicted molar refractivity (Wildman–Crippen MR) is 319 cm³/mol. The van der Waals surface area contributed by atoms with Crippen molar-refractivity contribution in [2.75, 3.05) is 45.0 Å². The van der Waals surface area contributed by atoms with Crippen molar-refractivity contribution < 1.29 is 62.5 Å². The molecular formula is C60H92BrN9O13. The van der Waals surface area contributed by atoms with Crippen LogP contribution in [0.4, 0.5) is 10.5 Å². The van der Waals surface area contributed by atoms with E-state index in [1.165, 1.54) is 38.5 Å². The van der Waals surface area contributed by atoms with Gasteiger partial charge in [-0.2, -0.15) is 0 Å². The third-order valence-electron chi connectivity index (χ3n) is 15.6. The van der Waals surface area contributed by atoms with Crippen LogP contribution in [-0.2, 0) is 54.3 Å². The summed E-state index contributed by atoms with van der Waals surface area (Å²) in [4.78, 5) is 134. The molecule has 9 amide bonds. The summed E-state index contributed by atoms with van der Waals surface area (Å²) in [6, 6.07) is 9.38. The van der Waals surface area contributed by atoms with Gasteiger partial charge >= 0.3 is 12.0 Å². The molecule has 22 nitrogen and oxygen atoms in total. The van der Waals surface area contributed by atoms with E-state index >= 15 is 0 Å². The van der Waals surface area contributed by atoms with Crippen LogP contribution < -0.4 is 43.0 Å². The minimum Gasteiger partial charge on any atom is -0.480 e. The number of likely N-dealkylation sites (N-methyl/N-ethyl adjacent to an activating group) is 1. The number of primary amides is 1. The molecule has 462 valence electrons. The van der Waals surface area contributed by atoms with Crippen LogP contribution in [-0.4, -0.2) is 151 Å². The molecule has 10 N–H and O–H groups in total. The minimum absolute atomic E-state index is 0.0406. The van der Waals surface area contributed by atoms with Gasteiger partial charge in [0.25, 0.3) is 5.91 Å². The van der Waals surface area contributed by atoms with E-state index in [1.54, 1.807) is 70.8 Å². The molecule has 23 heteroatoms. The van der Waals surface area contributed by atoms with Crippen molar-refractivity contribution in [3.8, 4) is 0 Å². The molecule has 1 aliphatic carbocycles. The van der Waals surface area contributed by atoms with Gasteiger partial charge in [0.1, 0.15) is 30.0 Å². The Morgan fingerprint density at radius 3 is 1.94 bits per heavy atom. The number of halogens is 1. The summed E-state index contributed by atoms with van der Waals surface area (Å²) in [5, 5.41) is 29.3. The highest BCUT2D eigenvalue weighted by Crippen LogP contribution is 2.40. The largest absolute Gasteiger partial charge is 0.480 e. The summed E-state index contributed by atoms with van der Waals surface area (Å²) < 4.78 is 12.0. The number of methoxy groups -OCH3 is 2. The molecule has 0 saturated heterocycles. The van der Waals surface area contributed by atoms with Crippen molar-refractivity contribution in [3.05, 3.63) is 65.7 Å². The monoisotopic (exact) mass is 1230 g/mol. The molecule has 0 radical (unpaired) electrons. The quantitative estimate of drug-likeness (QED) is 0.0309. The number of ketones is 1. The van der Waals surface area contributed by atoms with E-state index in [9.17, 15) is 53.1 Å². The van der Waals surface area contributed by atoms with Crippen LogP contribution in [0.3, 0.4) is 0 Å². The molecule has 0 aliphatic heterocycles. The zero-order valence-corrected chi connectivity index (χ0v) is 51.6. The number of amides is 9. The number of nitrogens with two attached hydrogens (primary N) is 1. The first-order valence-electron chi connectivity index (χ1n) is 29.0. The van der Waals surface area contributed by atoms with Crippen LogP contribution in [0.2, 0.25) is 0 Å². The van der Waals surface area contributed by atoms with Gasteiger partial charge in [-0.25, -0.2) is 9.59 Å². The summed E-state index contributed by atoms with van der Waals surface area (Å²) in [6.07, 6.45) is 3.55. The Morgan fingerprint density at radius 1 is 0.723 bits per heavy atom. The number of carbonyl (C=O) groups excluding carboxylic acids is 9. The van der Waals surface area contributed by atoms with Crippen molar-refractivity contribution in [1.29, 1.82) is 0 Å². The fourth-order valence-electron chi connectivity index (χ4n) is 10.7. The number of urea groups is 1. The Kier molecular flexibility index (Phi) is 31.0. The Labute approximate surface area is 497 Å². The van der Waals surface area contributed by atoms with E-state index < -0.39 is 95.8 Å². The van der Waals surface area contributed by atoms with Gasteiger partial charge < -0.3 is 62.4 Å². The molecule has 1 saturated carbocycles. The molecule has 1 aliphatic rings. The molecule has 2 aromatic rings. The maximum Gasteiger partial charge on any atom is 0.326 e. The molecule has 11 atom stereocenters. The SMILES string of the molecule is CC[C@H](C)[C@@H]([C@@H](CC(=O)C1CCC[C@H]1[C@H](OC)[C@@H](C)C(=O)N[C@@H](Cc1ccccc1)C(=O)O)OC)N(C)C(=O)[C@@H](NC(=O)c1ccc(NC(=O)[C@H](CCCNC(N)=O)NC(=O)[C@@H](NC(=O)CCCCCNC(=O)CBr)C(C)C)cc1)C(C)C. The summed E-state index contributed by atoms with van der Waals surface area (Å²) in [5.74, 6) is -6.86. The number of carboxylic acid groups (broad SMARTS) is 1. The summed E-state index contributed by atoms with van der Waals surface area (Å²) in [5.41, 5.74) is 6.47. The van der Waals surface area contributed by atoms with Gasteiger partial charge in [-0.1, -0.05) is 114 Å². The molecule has 83 heavy (non-hydrogen) atoms. The number of Topliss-reactive ketones (excluding diaryl/α,β-unsaturated/α-hetero) is 1. The number of carboxylic acids is 1. The van der Waals surface area contributed by atoms with Gasteiger partial charge in [-0.3, -0.25) is 38.4 Å². The molecule has 1 unspecified atom stereocenters. The molecule has 0 heterocycles. The second-order valence-corrected chi connectivity index (χ2v) is 22.9. The number of carbonyl (C=O) groups is 10. The number of unbranched alkanes of at least 4 members (excludes halogenated alkanes) is 2. The number of aliphatic carboxylic acids is 1. The number of nitrogens with zero attached hydrogens (tertiary/aromatic N) is 1. The van der Waals surface area contributed by atoms with Crippen LogP contribution in [0.15, 0.2) is 54.6 Å². The van der Waals surface area contributed by atoms with Crippen LogP contribution in [0.25, 0.3) is 0 Å². The number of anilines is 1. The minimum atomic E-state index is -1.17. The van der Waals surface area contributed by atoms with Crippen molar-refractivity contribution in [1.82, 2.24) is 36.8 Å². The van der Waals surface area contributed by atoms with E-state index in [0.29, 0.717) is 57.2 Å². The Bertz CT molecular complexity index is 2450. The van der Waals surface area contributed by atoms with Crippen molar-refractivity contribution in [2.45, 2.75) is 168 Å². The third kappa shape index (κ3) is 22.9. The van der Waals surface area contributed by atoms with E-state index in [2.05, 4.69) is 53.1 Å². The number of rotatable bonds is 37. The van der Waals surface area contributed by atoms with Gasteiger partial charge in [0.15, 0.2) is 0 Å². The maximum absolute atomic E-state index is 14.6. The highest BCUT2D eigenvalue weighted by Gasteiger charge is 2.45. The number of hydrogen-bond donors (Lipinski definition) is 9. The standard InChI is InChI=1S/C60H92BrN9O13/c1-11-37(6)52(47(82-9)33-46(71)42-22-18-23-43(42)53(83-10)38(7)54(74)67-45(59(79)80)32-39-20-14-12-15-21-39)70(8)58(78)51(36(4)5)69-55(75)40-26-28-41(29-27-40)65-56(76)44(24-19-31-64-60(62)81)66-57(77)50(35(2)3)68-48(72)25-16-13-17-30-63-49(73)34-61/h12,14-15,20-21,26-29,35-38,42-45,47,50-53H,11,13,16-19,22-25,30-34H2,1-10H3,(H,63,73)(H,65,76)(H,66,77)(H,67,74)(H,68,72)(H,69,75)(H,79,80)(H3,62,64,81)/t37-,38+,42?,43+,44-,45-,47+,50-,51-,52-,53+/m0/s1. The average molecular weight is 1230 g/mol. The first-order chi connectivity index (χ1) is 39.4. The molecule has 2 aromatic carbocycles. The molecular weight excluding hydrogens is 1130 g/mol. The average Bonchev–Trinajstić information content (AvgIpc) is 4.08. The number of ether oxygens (including phenoxy) is 2. The van der Waals surface area contributed by atoms with Crippen molar-refractivity contribution >= 4 is 80.8 Å². The lowest BCUT2D eigenvalue weighted by atomic mass is 9.79. The van der Waals surface area contributed by atoms with Crippen molar-refractivity contribution in [2.24, 2.45) is 41.2 Å². The number of nitrogens with one attached hydrogen (secondary N) is 7. The van der Waals surface area contributed by atoms with Gasteiger partial charge in [0.2, 0.25) is 35.4 Å². The first-order valence-corrected chi connectivity index (χ1v) is 30.1. The van der Waals surface area contributed by atoms with E-state index in [0.717, 1.165) is 5.56 Å². The van der Waals surface area contributed by atoms with Crippen molar-refractivity contribution in [3.63, 3.8) is 0 Å². The normalized spacial score (nSPS) is 17.3. The summed E-state index contributed by atoms with van der Waals surface area (Å²) >= 11 is 3.10. The molecule has 1 fully saturated rings. The number of alkyl halides is 1. The first kappa shape index (κ1) is 70.8. The predicted octanol–water partition coefficient (Wildman–Crippen LogP) is 5.25. The molecule has 0 spiro atoms. The second-order valence-electron chi connectivity index (χ2n) is 22.4. The Hall–Kier alpha value is -6.46. The van der Waals surface area contributed by atoms with E-state index in [-0.39, 0.29) is 90.8 Å². The Morgan fingerprint density at radius 2 is 1.36 bits per heavy atom. The van der Waals surface area contributed by atoms with Gasteiger partial charge in [0, 0.05) is 70.8 Å². The molecule has 3 rings (SSSR count). The lowest BCUT2D eigenvalue weighted by Crippen LogP contribution is -2.57. The Balaban J connectivity index is 1.72. The van der Waals surface area contributed by atoms with E-state index in [4.69, 9.17) is 15.2 Å². The number of hydrogen-bond acceptors (Lipinski definition) is 12. The smallest absolute Gasteiger partial charge is 0.326 e. The highest BCUT2D eigenvalue weighted by atomic mass is 79.9. The van der Waals surface area contributed by atoms with Gasteiger partial charge in [-0.05, 0) is 92.0 Å². The number of benzene rings is 2. The lowest BCUT2D eigenvalue weighted by molar-refractivity contribution is -0.145. The molecule has 0 aromatic heterocycles. The fourth-order valence-corrected chi connectivity index (χ4v) is 10.9. The maximum atomic E-state index is 14.6. The van der Waals surface area contributed by atoms with Gasteiger partial charge in [0.05, 0.1) is 29.5 Å². The second kappa shape index (κ2) is 36.3. The van der Waals surface area contributed by atoms with Crippen LogP contribution in [0, 0.1) is 35.5 Å². The van der Waals surface area contributed by atoms with Gasteiger partial charge in [-0.15, -0.1) is 0 Å². The lowest BCUT2D eigenvalue weighted by Gasteiger charge is -2.40. The van der Waals surface area contributed by atoms with Crippen LogP contribution in [0.1, 0.15) is 135 Å².